The van der Waals surface area contributed by atoms with E-state index in [-0.39, 0.29) is 6.42 Å². The molecule has 0 amide bonds. The van der Waals surface area contributed by atoms with Crippen molar-refractivity contribution in [2.75, 3.05) is 0 Å². The molecule has 16 heavy (non-hydrogen) atoms. The summed E-state index contributed by atoms with van der Waals surface area (Å²) in [6, 6.07) is 0. The molecule has 90 valence electrons. The van der Waals surface area contributed by atoms with Crippen LogP contribution in [0, 0.1) is 0 Å². The van der Waals surface area contributed by atoms with Crippen LogP contribution in [-0.4, -0.2) is 11.1 Å². The van der Waals surface area contributed by atoms with Gasteiger partial charge < -0.3 is 5.11 Å². The minimum atomic E-state index is -0.698. The Morgan fingerprint density at radius 3 is 2.25 bits per heavy atom. The van der Waals surface area contributed by atoms with Crippen molar-refractivity contribution in [1.82, 2.24) is 0 Å². The van der Waals surface area contributed by atoms with Crippen LogP contribution in [0.3, 0.4) is 0 Å². The standard InChI is InChI=1S/C14H22O2/c1-2-3-4-5-6-7-8-9-10-11-12-13-14(15)16/h2-3,5-6,8-9H,4,7,10-13H2,1H3,(H,15,16)/b3-2-,6-5-,9-8-. The lowest BCUT2D eigenvalue weighted by Gasteiger charge is -1.92. The van der Waals surface area contributed by atoms with Gasteiger partial charge in [0.15, 0.2) is 0 Å². The van der Waals surface area contributed by atoms with Crippen molar-refractivity contribution in [3.63, 3.8) is 0 Å². The van der Waals surface area contributed by atoms with E-state index < -0.39 is 5.97 Å². The molecule has 0 aromatic carbocycles. The number of hydrogen-bond acceptors (Lipinski definition) is 1. The van der Waals surface area contributed by atoms with Gasteiger partial charge in [0, 0.05) is 6.42 Å². The summed E-state index contributed by atoms with van der Waals surface area (Å²) < 4.78 is 0. The molecule has 0 unspecified atom stereocenters. The molecule has 1 N–H and O–H groups in total. The summed E-state index contributed by atoms with van der Waals surface area (Å²) in [6.07, 6.45) is 17.7. The molecular weight excluding hydrogens is 200 g/mol. The van der Waals surface area contributed by atoms with Crippen LogP contribution in [0.25, 0.3) is 0 Å². The van der Waals surface area contributed by atoms with E-state index >= 15 is 0 Å². The number of carboxylic acids is 1. The van der Waals surface area contributed by atoms with Gasteiger partial charge in [-0.2, -0.15) is 0 Å². The van der Waals surface area contributed by atoms with Crippen LogP contribution in [0.1, 0.15) is 45.4 Å². The van der Waals surface area contributed by atoms with Crippen molar-refractivity contribution in [3.8, 4) is 0 Å². The molecule has 0 saturated carbocycles. The second-order valence-electron chi connectivity index (χ2n) is 3.62. The Morgan fingerprint density at radius 1 is 1.00 bits per heavy atom. The topological polar surface area (TPSA) is 37.3 Å². The SMILES string of the molecule is C/C=C\C/C=C\C/C=C\CCCCC(=O)O. The average molecular weight is 222 g/mol. The Bertz CT molecular complexity index is 249. The highest BCUT2D eigenvalue weighted by Gasteiger charge is 1.93. The summed E-state index contributed by atoms with van der Waals surface area (Å²) in [7, 11) is 0. The zero-order valence-electron chi connectivity index (χ0n) is 10.1. The molecule has 0 saturated heterocycles. The van der Waals surface area contributed by atoms with Crippen LogP contribution in [0.2, 0.25) is 0 Å². The van der Waals surface area contributed by atoms with Crippen molar-refractivity contribution >= 4 is 5.97 Å². The van der Waals surface area contributed by atoms with Gasteiger partial charge in [-0.25, -0.2) is 0 Å². The number of hydrogen-bond donors (Lipinski definition) is 1. The molecule has 0 atom stereocenters. The van der Waals surface area contributed by atoms with E-state index in [9.17, 15) is 4.79 Å². The summed E-state index contributed by atoms with van der Waals surface area (Å²) in [4.78, 5) is 10.2. The highest BCUT2D eigenvalue weighted by molar-refractivity contribution is 5.66. The second-order valence-corrected chi connectivity index (χ2v) is 3.62. The number of carboxylic acid groups (broad SMARTS) is 1. The lowest BCUT2D eigenvalue weighted by molar-refractivity contribution is -0.137. The molecule has 0 radical (unpaired) electrons. The molecule has 0 fully saturated rings. The van der Waals surface area contributed by atoms with Gasteiger partial charge >= 0.3 is 5.97 Å². The second kappa shape index (κ2) is 11.8. The lowest BCUT2D eigenvalue weighted by atomic mass is 10.2. The fourth-order valence-electron chi connectivity index (χ4n) is 1.24. The first kappa shape index (κ1) is 14.7. The predicted octanol–water partition coefficient (Wildman–Crippen LogP) is 4.10. The maximum absolute atomic E-state index is 10.2. The van der Waals surface area contributed by atoms with Crippen molar-refractivity contribution in [3.05, 3.63) is 36.5 Å². The van der Waals surface area contributed by atoms with E-state index in [2.05, 4.69) is 30.4 Å². The quantitative estimate of drug-likeness (QED) is 0.471. The number of carbonyl (C=O) groups is 1. The van der Waals surface area contributed by atoms with Gasteiger partial charge in [0.1, 0.15) is 0 Å². The Morgan fingerprint density at radius 2 is 1.62 bits per heavy atom. The molecule has 0 aliphatic heterocycles. The normalized spacial score (nSPS) is 12.1. The predicted molar refractivity (Wildman–Crippen MR) is 68.4 cm³/mol. The fraction of sp³-hybridized carbons (Fsp3) is 0.500. The van der Waals surface area contributed by atoms with Gasteiger partial charge in [-0.1, -0.05) is 36.5 Å². The first-order chi connectivity index (χ1) is 7.77. The monoisotopic (exact) mass is 222 g/mol. The van der Waals surface area contributed by atoms with E-state index in [0.717, 1.165) is 32.1 Å². The van der Waals surface area contributed by atoms with Gasteiger partial charge in [-0.3, -0.25) is 4.79 Å². The maximum atomic E-state index is 10.2. The molecule has 0 heterocycles. The van der Waals surface area contributed by atoms with Gasteiger partial charge in [0.25, 0.3) is 0 Å². The van der Waals surface area contributed by atoms with Crippen LogP contribution in [0.15, 0.2) is 36.5 Å². The average Bonchev–Trinajstić information content (AvgIpc) is 2.25. The minimum absolute atomic E-state index is 0.289. The van der Waals surface area contributed by atoms with Crippen LogP contribution in [0.4, 0.5) is 0 Å². The molecule has 0 aromatic rings. The van der Waals surface area contributed by atoms with Crippen LogP contribution in [0.5, 0.6) is 0 Å². The number of rotatable bonds is 9. The summed E-state index contributed by atoms with van der Waals surface area (Å²) in [5.74, 6) is -0.698. The zero-order valence-corrected chi connectivity index (χ0v) is 10.1. The fourth-order valence-corrected chi connectivity index (χ4v) is 1.24. The molecule has 0 aromatic heterocycles. The lowest BCUT2D eigenvalue weighted by Crippen LogP contribution is -1.92. The summed E-state index contributed by atoms with van der Waals surface area (Å²) >= 11 is 0. The summed E-state index contributed by atoms with van der Waals surface area (Å²) in [5, 5.41) is 8.42. The highest BCUT2D eigenvalue weighted by atomic mass is 16.4. The largest absolute Gasteiger partial charge is 0.481 e. The van der Waals surface area contributed by atoms with Crippen molar-refractivity contribution < 1.29 is 9.90 Å². The molecule has 2 nitrogen and oxygen atoms in total. The van der Waals surface area contributed by atoms with Gasteiger partial charge in [-0.05, 0) is 39.0 Å². The van der Waals surface area contributed by atoms with Crippen LogP contribution in [-0.2, 0) is 4.79 Å². The third-order valence-electron chi connectivity index (χ3n) is 2.12. The number of aliphatic carboxylic acids is 1. The minimum Gasteiger partial charge on any atom is -0.481 e. The smallest absolute Gasteiger partial charge is 0.303 e. The van der Waals surface area contributed by atoms with Gasteiger partial charge in [0.2, 0.25) is 0 Å². The Kier molecular flexibility index (Phi) is 10.8. The van der Waals surface area contributed by atoms with E-state index in [1.165, 1.54) is 0 Å². The first-order valence-electron chi connectivity index (χ1n) is 5.90. The van der Waals surface area contributed by atoms with E-state index in [1.807, 2.05) is 13.0 Å². The Labute approximate surface area is 98.4 Å². The maximum Gasteiger partial charge on any atom is 0.303 e. The number of allylic oxidation sites excluding steroid dienone is 6. The van der Waals surface area contributed by atoms with E-state index in [0.29, 0.717) is 0 Å². The molecule has 0 aliphatic carbocycles. The molecular formula is C14H22O2. The molecule has 2 heteroatoms. The van der Waals surface area contributed by atoms with Crippen molar-refractivity contribution in [1.29, 1.82) is 0 Å². The van der Waals surface area contributed by atoms with Gasteiger partial charge in [0.05, 0.1) is 0 Å². The van der Waals surface area contributed by atoms with Crippen molar-refractivity contribution in [2.45, 2.75) is 45.4 Å². The van der Waals surface area contributed by atoms with Crippen LogP contribution < -0.4 is 0 Å². The van der Waals surface area contributed by atoms with E-state index in [1.54, 1.807) is 0 Å². The van der Waals surface area contributed by atoms with Gasteiger partial charge in [-0.15, -0.1) is 0 Å². The van der Waals surface area contributed by atoms with Crippen LogP contribution >= 0.6 is 0 Å². The third-order valence-corrected chi connectivity index (χ3v) is 2.12. The molecule has 0 aliphatic rings. The van der Waals surface area contributed by atoms with E-state index in [4.69, 9.17) is 5.11 Å². The first-order valence-corrected chi connectivity index (χ1v) is 5.90. The third kappa shape index (κ3) is 12.7. The Balaban J connectivity index is 3.28. The highest BCUT2D eigenvalue weighted by Crippen LogP contribution is 2.01. The number of unbranched alkanes of at least 4 members (excludes halogenated alkanes) is 2. The summed E-state index contributed by atoms with van der Waals surface area (Å²) in [6.45, 7) is 2.02. The molecule has 0 spiro atoms. The molecule has 0 bridgehead atoms. The summed E-state index contributed by atoms with van der Waals surface area (Å²) in [5.41, 5.74) is 0. The molecule has 0 rings (SSSR count). The van der Waals surface area contributed by atoms with Crippen molar-refractivity contribution in [2.24, 2.45) is 0 Å². The Hall–Kier alpha value is -1.31. The zero-order chi connectivity index (χ0) is 12.1.